The van der Waals surface area contributed by atoms with E-state index < -0.39 is 0 Å². The van der Waals surface area contributed by atoms with Crippen molar-refractivity contribution in [1.82, 2.24) is 0 Å². The highest BCUT2D eigenvalue weighted by molar-refractivity contribution is 5.54. The standard InChI is InChI=1S/C16H25N/c1-5-13(4)16(17-7-3)15(6-2)14-11-9-8-10-12-14/h5,7,9,11-13,15-16H,1,6,8,10H2,2-4H3. The highest BCUT2D eigenvalue weighted by Crippen LogP contribution is 2.30. The Morgan fingerprint density at radius 1 is 1.47 bits per heavy atom. The van der Waals surface area contributed by atoms with Gasteiger partial charge in [-0.25, -0.2) is 0 Å². The zero-order valence-electron chi connectivity index (χ0n) is 11.4. The van der Waals surface area contributed by atoms with Crippen molar-refractivity contribution in [2.45, 2.75) is 46.1 Å². The molecule has 1 aliphatic rings. The zero-order valence-corrected chi connectivity index (χ0v) is 11.4. The van der Waals surface area contributed by atoms with Crippen LogP contribution in [-0.2, 0) is 0 Å². The summed E-state index contributed by atoms with van der Waals surface area (Å²) in [6.07, 6.45) is 14.4. The van der Waals surface area contributed by atoms with Gasteiger partial charge >= 0.3 is 0 Å². The number of aliphatic imine (C=N–C) groups is 1. The molecule has 0 spiro atoms. The van der Waals surface area contributed by atoms with E-state index in [4.69, 9.17) is 0 Å². The van der Waals surface area contributed by atoms with Gasteiger partial charge in [-0.15, -0.1) is 6.58 Å². The van der Waals surface area contributed by atoms with E-state index in [9.17, 15) is 0 Å². The van der Waals surface area contributed by atoms with Gasteiger partial charge in [-0.1, -0.05) is 38.2 Å². The second-order valence-electron chi connectivity index (χ2n) is 4.69. The lowest BCUT2D eigenvalue weighted by Crippen LogP contribution is -2.26. The van der Waals surface area contributed by atoms with E-state index >= 15 is 0 Å². The minimum absolute atomic E-state index is 0.330. The van der Waals surface area contributed by atoms with Crippen LogP contribution >= 0.6 is 0 Å². The molecule has 0 saturated heterocycles. The van der Waals surface area contributed by atoms with Crippen molar-refractivity contribution in [1.29, 1.82) is 0 Å². The maximum Gasteiger partial charge on any atom is 0.0623 e. The summed E-state index contributed by atoms with van der Waals surface area (Å²) in [6.45, 7) is 10.4. The van der Waals surface area contributed by atoms with Gasteiger partial charge in [0.25, 0.3) is 0 Å². The second kappa shape index (κ2) is 7.26. The van der Waals surface area contributed by atoms with Gasteiger partial charge in [0.1, 0.15) is 0 Å². The molecule has 0 bridgehead atoms. The van der Waals surface area contributed by atoms with Crippen LogP contribution in [0.5, 0.6) is 0 Å². The van der Waals surface area contributed by atoms with Crippen molar-refractivity contribution in [2.24, 2.45) is 16.8 Å². The van der Waals surface area contributed by atoms with Crippen LogP contribution in [0.2, 0.25) is 0 Å². The quantitative estimate of drug-likeness (QED) is 0.469. The lowest BCUT2D eigenvalue weighted by Gasteiger charge is -2.28. The van der Waals surface area contributed by atoms with Crippen molar-refractivity contribution in [3.8, 4) is 0 Å². The van der Waals surface area contributed by atoms with Gasteiger partial charge in [-0.3, -0.25) is 4.99 Å². The number of hydrogen-bond donors (Lipinski definition) is 0. The SMILES string of the molecule is C=CC(C)C(N=CC)C(CC)C1=CCCC=C1. The molecule has 0 aliphatic heterocycles. The molecule has 0 amide bonds. The fourth-order valence-corrected chi connectivity index (χ4v) is 2.50. The predicted molar refractivity (Wildman–Crippen MR) is 77.6 cm³/mol. The Hall–Kier alpha value is -1.11. The first-order valence-corrected chi connectivity index (χ1v) is 6.71. The number of allylic oxidation sites excluding steroid dienone is 3. The monoisotopic (exact) mass is 231 g/mol. The largest absolute Gasteiger partial charge is 0.293 e. The smallest absolute Gasteiger partial charge is 0.0623 e. The van der Waals surface area contributed by atoms with E-state index in [-0.39, 0.29) is 0 Å². The first kappa shape index (κ1) is 14.0. The lowest BCUT2D eigenvalue weighted by atomic mass is 9.81. The van der Waals surface area contributed by atoms with Gasteiger partial charge in [0.2, 0.25) is 0 Å². The van der Waals surface area contributed by atoms with E-state index in [1.165, 1.54) is 18.4 Å². The molecule has 1 aliphatic carbocycles. The molecule has 0 fully saturated rings. The average molecular weight is 231 g/mol. The molecule has 1 nitrogen and oxygen atoms in total. The number of hydrogen-bond acceptors (Lipinski definition) is 1. The molecule has 0 aromatic rings. The summed E-state index contributed by atoms with van der Waals surface area (Å²) in [6, 6.07) is 0.330. The van der Waals surface area contributed by atoms with Gasteiger partial charge in [0.05, 0.1) is 6.04 Å². The number of nitrogens with zero attached hydrogens (tertiary/aromatic N) is 1. The van der Waals surface area contributed by atoms with Crippen molar-refractivity contribution in [2.75, 3.05) is 0 Å². The van der Waals surface area contributed by atoms with Crippen LogP contribution in [0.3, 0.4) is 0 Å². The minimum atomic E-state index is 0.330. The van der Waals surface area contributed by atoms with Crippen molar-refractivity contribution in [3.05, 3.63) is 36.5 Å². The van der Waals surface area contributed by atoms with Crippen LogP contribution in [0, 0.1) is 11.8 Å². The molecule has 1 heteroatoms. The van der Waals surface area contributed by atoms with Gasteiger partial charge < -0.3 is 0 Å². The van der Waals surface area contributed by atoms with E-state index in [2.05, 4.69) is 43.6 Å². The highest BCUT2D eigenvalue weighted by atomic mass is 14.8. The molecule has 1 rings (SSSR count). The number of rotatable bonds is 6. The Morgan fingerprint density at radius 3 is 2.71 bits per heavy atom. The Morgan fingerprint density at radius 2 is 2.24 bits per heavy atom. The van der Waals surface area contributed by atoms with Crippen LogP contribution in [0.4, 0.5) is 0 Å². The van der Waals surface area contributed by atoms with E-state index in [0.717, 1.165) is 6.42 Å². The Kier molecular flexibility index (Phi) is 5.96. The summed E-state index contributed by atoms with van der Waals surface area (Å²) in [4.78, 5) is 4.67. The molecule has 0 heterocycles. The zero-order chi connectivity index (χ0) is 12.7. The van der Waals surface area contributed by atoms with Crippen LogP contribution in [-0.4, -0.2) is 12.3 Å². The van der Waals surface area contributed by atoms with Crippen molar-refractivity contribution in [3.63, 3.8) is 0 Å². The average Bonchev–Trinajstić information content (AvgIpc) is 2.39. The Bertz CT molecular complexity index is 322. The molecule has 17 heavy (non-hydrogen) atoms. The van der Waals surface area contributed by atoms with Gasteiger partial charge in [-0.2, -0.15) is 0 Å². The van der Waals surface area contributed by atoms with Gasteiger partial charge in [-0.05, 0) is 43.9 Å². The molecular formula is C16H25N. The first-order chi connectivity index (χ1) is 8.24. The summed E-state index contributed by atoms with van der Waals surface area (Å²) in [5.74, 6) is 0.947. The summed E-state index contributed by atoms with van der Waals surface area (Å²) in [7, 11) is 0. The van der Waals surface area contributed by atoms with Crippen molar-refractivity contribution >= 4 is 6.21 Å². The molecule has 3 atom stereocenters. The molecule has 0 radical (unpaired) electrons. The molecule has 0 saturated carbocycles. The van der Waals surface area contributed by atoms with E-state index in [1.807, 2.05) is 19.2 Å². The van der Waals surface area contributed by atoms with Crippen LogP contribution in [0.1, 0.15) is 40.0 Å². The molecule has 0 aromatic carbocycles. The third-order valence-electron chi connectivity index (χ3n) is 3.54. The molecule has 0 N–H and O–H groups in total. The lowest BCUT2D eigenvalue weighted by molar-refractivity contribution is 0.404. The van der Waals surface area contributed by atoms with Crippen LogP contribution in [0.15, 0.2) is 41.4 Å². The van der Waals surface area contributed by atoms with Gasteiger partial charge in [0.15, 0.2) is 0 Å². The molecule has 3 unspecified atom stereocenters. The first-order valence-electron chi connectivity index (χ1n) is 6.71. The summed E-state index contributed by atoms with van der Waals surface area (Å²) in [5.41, 5.74) is 1.46. The summed E-state index contributed by atoms with van der Waals surface area (Å²) in [5, 5.41) is 0. The van der Waals surface area contributed by atoms with Crippen LogP contribution < -0.4 is 0 Å². The van der Waals surface area contributed by atoms with E-state index in [0.29, 0.717) is 17.9 Å². The predicted octanol–water partition coefficient (Wildman–Crippen LogP) is 4.57. The third kappa shape index (κ3) is 3.69. The fraction of sp³-hybridized carbons (Fsp3) is 0.562. The minimum Gasteiger partial charge on any atom is -0.293 e. The normalized spacial score (nSPS) is 21.0. The maximum absolute atomic E-state index is 4.67. The van der Waals surface area contributed by atoms with E-state index in [1.54, 1.807) is 0 Å². The van der Waals surface area contributed by atoms with Crippen molar-refractivity contribution < 1.29 is 0 Å². The molecule has 0 aromatic heterocycles. The molecular weight excluding hydrogens is 206 g/mol. The Balaban J connectivity index is 2.91. The highest BCUT2D eigenvalue weighted by Gasteiger charge is 2.25. The van der Waals surface area contributed by atoms with Gasteiger partial charge in [0, 0.05) is 5.92 Å². The summed E-state index contributed by atoms with van der Waals surface area (Å²) < 4.78 is 0. The maximum atomic E-state index is 4.67. The topological polar surface area (TPSA) is 12.4 Å². The Labute approximate surface area is 106 Å². The third-order valence-corrected chi connectivity index (χ3v) is 3.54. The second-order valence-corrected chi connectivity index (χ2v) is 4.69. The van der Waals surface area contributed by atoms with Crippen LogP contribution in [0.25, 0.3) is 0 Å². The summed E-state index contributed by atoms with van der Waals surface area (Å²) >= 11 is 0. The fourth-order valence-electron chi connectivity index (χ4n) is 2.50. The molecule has 94 valence electrons.